The van der Waals surface area contributed by atoms with E-state index in [0.29, 0.717) is 12.0 Å². The molecule has 9 heteroatoms. The first-order chi connectivity index (χ1) is 12.7. The predicted octanol–water partition coefficient (Wildman–Crippen LogP) is 3.37. The van der Waals surface area contributed by atoms with Gasteiger partial charge in [0.25, 0.3) is 0 Å². The van der Waals surface area contributed by atoms with Crippen molar-refractivity contribution in [1.29, 1.82) is 0 Å². The minimum atomic E-state index is -3.44. The molecule has 4 atom stereocenters. The number of ether oxygens (including phenoxy) is 2. The summed E-state index contributed by atoms with van der Waals surface area (Å²) >= 11 is 0. The number of carbonyl (C=O) groups excluding carboxylic acids is 1. The van der Waals surface area contributed by atoms with Crippen molar-refractivity contribution in [3.05, 3.63) is 35.9 Å². The second-order valence-electron chi connectivity index (χ2n) is 6.76. The highest BCUT2D eigenvalue weighted by atomic mass is 31.2. The van der Waals surface area contributed by atoms with E-state index in [0.717, 1.165) is 0 Å². The second-order valence-corrected chi connectivity index (χ2v) is 8.76. The van der Waals surface area contributed by atoms with Gasteiger partial charge in [-0.15, -0.1) is 0 Å². The van der Waals surface area contributed by atoms with Crippen molar-refractivity contribution in [3.63, 3.8) is 0 Å². The molecule has 0 N–H and O–H groups in total. The van der Waals surface area contributed by atoms with E-state index in [9.17, 15) is 9.36 Å². The highest BCUT2D eigenvalue weighted by Crippen LogP contribution is 2.51. The Kier molecular flexibility index (Phi) is 7.63. The number of halogens is 1. The van der Waals surface area contributed by atoms with Crippen molar-refractivity contribution < 1.29 is 32.3 Å². The van der Waals surface area contributed by atoms with Gasteiger partial charge in [-0.1, -0.05) is 18.2 Å². The van der Waals surface area contributed by atoms with E-state index in [-0.39, 0.29) is 19.6 Å². The average Bonchev–Trinajstić information content (AvgIpc) is 2.84. The standard InChI is InChI=1S/C18H27BFO6P/c1-4-24-27(22,25-5-2)12-23-14-11-15(19)18(3,20)16(14)26-17(21)13-9-7-6-8-10-13/h6-10,14-16H,4-5,11-12,19H2,1-3H3. The van der Waals surface area contributed by atoms with E-state index in [1.54, 1.807) is 52.0 Å². The molecular formula is C18H27BFO6P. The Hall–Kier alpha value is -1.21. The van der Waals surface area contributed by atoms with E-state index in [2.05, 4.69) is 0 Å². The number of rotatable bonds is 9. The zero-order valence-electron chi connectivity index (χ0n) is 16.2. The van der Waals surface area contributed by atoms with Crippen LogP contribution in [-0.4, -0.2) is 51.3 Å². The molecule has 0 heterocycles. The van der Waals surface area contributed by atoms with Gasteiger partial charge < -0.3 is 18.5 Å². The number of esters is 1. The molecule has 1 saturated carbocycles. The number of benzene rings is 1. The topological polar surface area (TPSA) is 71.1 Å². The summed E-state index contributed by atoms with van der Waals surface area (Å²) in [6.45, 7) is 5.21. The minimum absolute atomic E-state index is 0.203. The highest BCUT2D eigenvalue weighted by molar-refractivity contribution is 7.53. The molecule has 1 aromatic carbocycles. The van der Waals surface area contributed by atoms with Crippen molar-refractivity contribution >= 4 is 21.4 Å². The first kappa shape index (κ1) is 22.1. The maximum Gasteiger partial charge on any atom is 0.356 e. The third-order valence-corrected chi connectivity index (χ3v) is 6.55. The molecule has 0 spiro atoms. The van der Waals surface area contributed by atoms with Crippen LogP contribution >= 0.6 is 7.60 Å². The lowest BCUT2D eigenvalue weighted by Gasteiger charge is -2.29. The lowest BCUT2D eigenvalue weighted by Crippen LogP contribution is -2.42. The van der Waals surface area contributed by atoms with E-state index < -0.39 is 37.3 Å². The lowest BCUT2D eigenvalue weighted by molar-refractivity contribution is -0.0712. The molecule has 4 unspecified atom stereocenters. The first-order valence-corrected chi connectivity index (χ1v) is 10.9. The monoisotopic (exact) mass is 400 g/mol. The Morgan fingerprint density at radius 1 is 1.26 bits per heavy atom. The van der Waals surface area contributed by atoms with Crippen LogP contribution in [0.5, 0.6) is 0 Å². The lowest BCUT2D eigenvalue weighted by atomic mass is 9.77. The van der Waals surface area contributed by atoms with Gasteiger partial charge in [-0.25, -0.2) is 9.18 Å². The molecule has 0 amide bonds. The highest BCUT2D eigenvalue weighted by Gasteiger charge is 2.54. The normalized spacial score (nSPS) is 28.2. The Bertz CT molecular complexity index is 661. The second kappa shape index (κ2) is 9.33. The third kappa shape index (κ3) is 5.41. The Labute approximate surface area is 160 Å². The van der Waals surface area contributed by atoms with Crippen LogP contribution in [-0.2, 0) is 23.1 Å². The van der Waals surface area contributed by atoms with Gasteiger partial charge in [-0.05, 0) is 45.1 Å². The Morgan fingerprint density at radius 2 is 1.85 bits per heavy atom. The molecule has 1 aliphatic rings. The molecule has 0 saturated heterocycles. The third-order valence-electron chi connectivity index (χ3n) is 4.79. The molecule has 150 valence electrons. The Morgan fingerprint density at radius 3 is 2.41 bits per heavy atom. The van der Waals surface area contributed by atoms with Crippen molar-refractivity contribution in [3.8, 4) is 0 Å². The zero-order valence-corrected chi connectivity index (χ0v) is 17.1. The maximum atomic E-state index is 15.2. The molecule has 1 fully saturated rings. The molecule has 6 nitrogen and oxygen atoms in total. The fraction of sp³-hybridized carbons (Fsp3) is 0.611. The van der Waals surface area contributed by atoms with Gasteiger partial charge in [0.2, 0.25) is 0 Å². The summed E-state index contributed by atoms with van der Waals surface area (Å²) in [5.74, 6) is -1.01. The fourth-order valence-electron chi connectivity index (χ4n) is 3.14. The van der Waals surface area contributed by atoms with Crippen LogP contribution in [0.1, 0.15) is 37.6 Å². The van der Waals surface area contributed by atoms with Crippen LogP contribution in [0.2, 0.25) is 5.82 Å². The van der Waals surface area contributed by atoms with E-state index >= 15 is 4.39 Å². The quantitative estimate of drug-likeness (QED) is 0.360. The van der Waals surface area contributed by atoms with E-state index in [4.69, 9.17) is 18.5 Å². The summed E-state index contributed by atoms with van der Waals surface area (Å²) in [4.78, 5) is 12.4. The van der Waals surface area contributed by atoms with Gasteiger partial charge in [0, 0.05) is 0 Å². The van der Waals surface area contributed by atoms with Gasteiger partial charge >= 0.3 is 13.6 Å². The van der Waals surface area contributed by atoms with Gasteiger partial charge in [0.05, 0.1) is 24.9 Å². The SMILES string of the molecule is BC1CC(OCP(=O)(OCC)OCC)C(OC(=O)c2ccccc2)C1(C)F. The smallest absolute Gasteiger partial charge is 0.356 e. The molecule has 2 rings (SSSR count). The number of carbonyl (C=O) groups is 1. The summed E-state index contributed by atoms with van der Waals surface area (Å²) in [7, 11) is -1.70. The first-order valence-electron chi connectivity index (χ1n) is 9.18. The van der Waals surface area contributed by atoms with Crippen LogP contribution in [0.25, 0.3) is 0 Å². The zero-order chi connectivity index (χ0) is 20.1. The molecule has 0 radical (unpaired) electrons. The van der Waals surface area contributed by atoms with E-state index in [1.807, 2.05) is 0 Å². The molecule has 1 aliphatic carbocycles. The Balaban J connectivity index is 2.12. The van der Waals surface area contributed by atoms with Crippen molar-refractivity contribution in [2.75, 3.05) is 19.6 Å². The number of hydrogen-bond acceptors (Lipinski definition) is 6. The molecule has 27 heavy (non-hydrogen) atoms. The molecule has 0 aliphatic heterocycles. The summed E-state index contributed by atoms with van der Waals surface area (Å²) in [5, 5.41) is 0. The predicted molar refractivity (Wildman–Crippen MR) is 103 cm³/mol. The number of alkyl halides is 1. The summed E-state index contributed by atoms with van der Waals surface area (Å²) in [6.07, 6.45) is -1.84. The maximum absolute atomic E-state index is 15.2. The van der Waals surface area contributed by atoms with Crippen LogP contribution in [0, 0.1) is 0 Å². The van der Waals surface area contributed by atoms with Gasteiger partial charge in [-0.3, -0.25) is 4.57 Å². The van der Waals surface area contributed by atoms with Crippen LogP contribution in [0.15, 0.2) is 30.3 Å². The average molecular weight is 400 g/mol. The van der Waals surface area contributed by atoms with Crippen LogP contribution < -0.4 is 0 Å². The van der Waals surface area contributed by atoms with Gasteiger partial charge in [-0.2, -0.15) is 0 Å². The summed E-state index contributed by atoms with van der Waals surface area (Å²) in [5.41, 5.74) is -1.43. The number of hydrogen-bond donors (Lipinski definition) is 0. The minimum Gasteiger partial charge on any atom is -0.453 e. The van der Waals surface area contributed by atoms with E-state index in [1.165, 1.54) is 6.92 Å². The largest absolute Gasteiger partial charge is 0.453 e. The van der Waals surface area contributed by atoms with Crippen molar-refractivity contribution in [2.24, 2.45) is 0 Å². The summed E-state index contributed by atoms with van der Waals surface area (Å²) < 4.78 is 49.4. The molecule has 0 bridgehead atoms. The van der Waals surface area contributed by atoms with Crippen molar-refractivity contribution in [2.45, 2.75) is 50.9 Å². The molecule has 0 aromatic heterocycles. The van der Waals surface area contributed by atoms with Gasteiger partial charge in [0.1, 0.15) is 19.9 Å². The molecular weight excluding hydrogens is 373 g/mol. The van der Waals surface area contributed by atoms with Crippen LogP contribution in [0.4, 0.5) is 4.39 Å². The molecule has 1 aromatic rings. The van der Waals surface area contributed by atoms with Gasteiger partial charge in [0.15, 0.2) is 6.10 Å². The fourth-order valence-corrected chi connectivity index (χ4v) is 4.53. The van der Waals surface area contributed by atoms with Crippen molar-refractivity contribution in [1.82, 2.24) is 0 Å². The summed E-state index contributed by atoms with van der Waals surface area (Å²) in [6, 6.07) is 8.39. The van der Waals surface area contributed by atoms with Crippen LogP contribution in [0.3, 0.4) is 0 Å².